The van der Waals surface area contributed by atoms with Crippen molar-refractivity contribution in [2.45, 2.75) is 13.0 Å². The summed E-state index contributed by atoms with van der Waals surface area (Å²) in [6.45, 7) is 1.97. The van der Waals surface area contributed by atoms with E-state index in [1.165, 1.54) is 0 Å². The number of hydrogen-bond donors (Lipinski definition) is 1. The van der Waals surface area contributed by atoms with Gasteiger partial charge in [-0.05, 0) is 12.5 Å². The van der Waals surface area contributed by atoms with E-state index in [0.717, 1.165) is 11.1 Å². The maximum absolute atomic E-state index is 11.1. The lowest BCUT2D eigenvalue weighted by atomic mass is 9.93. The molecule has 1 atom stereocenters. The van der Waals surface area contributed by atoms with E-state index in [1.54, 1.807) is 12.1 Å². The van der Waals surface area contributed by atoms with Gasteiger partial charge in [0.2, 0.25) is 10.3 Å². The SMILES string of the molecule is Cc1ccc2c(c1)C=CC(N)C2=S(=O)=O. The Bertz CT molecular complexity index is 562. The van der Waals surface area contributed by atoms with Gasteiger partial charge in [-0.1, -0.05) is 35.9 Å². The van der Waals surface area contributed by atoms with Crippen LogP contribution in [0.4, 0.5) is 0 Å². The van der Waals surface area contributed by atoms with Crippen molar-refractivity contribution in [2.75, 3.05) is 0 Å². The van der Waals surface area contributed by atoms with Crippen LogP contribution in [0.1, 0.15) is 16.7 Å². The Kier molecular flexibility index (Phi) is 2.46. The molecule has 1 unspecified atom stereocenters. The lowest BCUT2D eigenvalue weighted by molar-refractivity contribution is 0.626. The molecule has 1 aliphatic carbocycles. The monoisotopic (exact) mass is 221 g/mol. The van der Waals surface area contributed by atoms with E-state index in [2.05, 4.69) is 0 Å². The van der Waals surface area contributed by atoms with Crippen LogP contribution in [0.2, 0.25) is 0 Å². The van der Waals surface area contributed by atoms with Gasteiger partial charge in [-0.2, -0.15) is 8.42 Å². The zero-order valence-electron chi connectivity index (χ0n) is 8.27. The molecule has 15 heavy (non-hydrogen) atoms. The standard InChI is InChI=1S/C11H11NO2S/c1-7-2-4-9-8(6-7)3-5-10(12)11(9)15(13)14/h2-6,10H,12H2,1H3. The Morgan fingerprint density at radius 3 is 2.73 bits per heavy atom. The molecule has 0 bridgehead atoms. The van der Waals surface area contributed by atoms with Crippen molar-refractivity contribution in [1.82, 2.24) is 0 Å². The van der Waals surface area contributed by atoms with Gasteiger partial charge in [0, 0.05) is 5.56 Å². The van der Waals surface area contributed by atoms with Crippen LogP contribution in [0.25, 0.3) is 6.08 Å². The minimum Gasteiger partial charge on any atom is -0.320 e. The van der Waals surface area contributed by atoms with Gasteiger partial charge in [-0.3, -0.25) is 0 Å². The molecule has 0 heterocycles. The number of rotatable bonds is 0. The fourth-order valence-corrected chi connectivity index (χ4v) is 2.39. The summed E-state index contributed by atoms with van der Waals surface area (Å²) in [5.41, 5.74) is 8.44. The second-order valence-electron chi connectivity index (χ2n) is 3.57. The highest BCUT2D eigenvalue weighted by Gasteiger charge is 2.19. The molecule has 0 saturated carbocycles. The highest BCUT2D eigenvalue weighted by molar-refractivity contribution is 7.73. The predicted octanol–water partition coefficient (Wildman–Crippen LogP) is 0.749. The lowest BCUT2D eigenvalue weighted by Crippen LogP contribution is -2.32. The molecule has 0 saturated heterocycles. The molecule has 0 aliphatic heterocycles. The van der Waals surface area contributed by atoms with Gasteiger partial charge in [-0.15, -0.1) is 0 Å². The highest BCUT2D eigenvalue weighted by atomic mass is 32.2. The van der Waals surface area contributed by atoms with Crippen LogP contribution in [-0.4, -0.2) is 19.3 Å². The van der Waals surface area contributed by atoms with Crippen molar-refractivity contribution in [2.24, 2.45) is 5.73 Å². The lowest BCUT2D eigenvalue weighted by Gasteiger charge is -2.16. The molecular weight excluding hydrogens is 210 g/mol. The van der Waals surface area contributed by atoms with Crippen molar-refractivity contribution >= 4 is 21.2 Å². The summed E-state index contributed by atoms with van der Waals surface area (Å²) in [6, 6.07) is 5.11. The topological polar surface area (TPSA) is 60.2 Å². The Morgan fingerprint density at radius 2 is 2.07 bits per heavy atom. The van der Waals surface area contributed by atoms with Crippen molar-refractivity contribution in [3.63, 3.8) is 0 Å². The van der Waals surface area contributed by atoms with E-state index in [1.807, 2.05) is 25.1 Å². The quantitative estimate of drug-likeness (QED) is 0.658. The number of nitrogens with two attached hydrogens (primary N) is 1. The average molecular weight is 221 g/mol. The van der Waals surface area contributed by atoms with Crippen LogP contribution in [0, 0.1) is 6.92 Å². The predicted molar refractivity (Wildman–Crippen MR) is 61.2 cm³/mol. The molecule has 78 valence electrons. The van der Waals surface area contributed by atoms with Crippen molar-refractivity contribution in [3.05, 3.63) is 41.0 Å². The summed E-state index contributed by atoms with van der Waals surface area (Å²) in [4.78, 5) is 0.271. The van der Waals surface area contributed by atoms with E-state index >= 15 is 0 Å². The first-order valence-electron chi connectivity index (χ1n) is 4.60. The first-order chi connectivity index (χ1) is 7.09. The average Bonchev–Trinajstić information content (AvgIpc) is 2.17. The van der Waals surface area contributed by atoms with Crippen LogP contribution in [0.5, 0.6) is 0 Å². The van der Waals surface area contributed by atoms with Gasteiger partial charge in [0.1, 0.15) is 4.86 Å². The first kappa shape index (κ1) is 10.1. The summed E-state index contributed by atoms with van der Waals surface area (Å²) in [5, 5.41) is 0. The zero-order chi connectivity index (χ0) is 11.0. The van der Waals surface area contributed by atoms with Crippen LogP contribution >= 0.6 is 0 Å². The summed E-state index contributed by atoms with van der Waals surface area (Å²) < 4.78 is 22.1. The fraction of sp³-hybridized carbons (Fsp3) is 0.182. The number of benzene rings is 1. The molecule has 0 radical (unpaired) electrons. The Balaban J connectivity index is 2.77. The first-order valence-corrected chi connectivity index (χ1v) is 5.68. The Morgan fingerprint density at radius 1 is 1.33 bits per heavy atom. The van der Waals surface area contributed by atoms with E-state index < -0.39 is 16.3 Å². The van der Waals surface area contributed by atoms with Gasteiger partial charge in [0.15, 0.2) is 0 Å². The second-order valence-corrected chi connectivity index (χ2v) is 4.48. The molecule has 0 spiro atoms. The fourth-order valence-electron chi connectivity index (χ4n) is 1.72. The van der Waals surface area contributed by atoms with Gasteiger partial charge in [0.05, 0.1) is 6.04 Å². The third-order valence-electron chi connectivity index (χ3n) is 2.44. The Labute approximate surface area is 89.8 Å². The van der Waals surface area contributed by atoms with Crippen molar-refractivity contribution in [1.29, 1.82) is 0 Å². The molecular formula is C11H11NO2S. The van der Waals surface area contributed by atoms with Crippen molar-refractivity contribution in [3.8, 4) is 0 Å². The normalized spacial score (nSPS) is 18.8. The van der Waals surface area contributed by atoms with Gasteiger partial charge in [-0.25, -0.2) is 0 Å². The highest BCUT2D eigenvalue weighted by Crippen LogP contribution is 2.20. The van der Waals surface area contributed by atoms with Crippen molar-refractivity contribution < 1.29 is 8.42 Å². The van der Waals surface area contributed by atoms with Gasteiger partial charge < -0.3 is 5.73 Å². The summed E-state index contributed by atoms with van der Waals surface area (Å²) in [5.74, 6) is 0. The summed E-state index contributed by atoms with van der Waals surface area (Å²) in [7, 11) is -2.26. The third-order valence-corrected chi connectivity index (χ3v) is 3.29. The molecule has 4 heteroatoms. The molecule has 0 amide bonds. The third kappa shape index (κ3) is 1.73. The molecule has 0 aromatic heterocycles. The smallest absolute Gasteiger partial charge is 0.219 e. The summed E-state index contributed by atoms with van der Waals surface area (Å²) >= 11 is 0. The molecule has 2 N–H and O–H groups in total. The largest absolute Gasteiger partial charge is 0.320 e. The van der Waals surface area contributed by atoms with E-state index in [4.69, 9.17) is 5.73 Å². The van der Waals surface area contributed by atoms with E-state index in [-0.39, 0.29) is 4.86 Å². The van der Waals surface area contributed by atoms with Crippen LogP contribution < -0.4 is 5.73 Å². The molecule has 2 rings (SSSR count). The molecule has 3 nitrogen and oxygen atoms in total. The van der Waals surface area contributed by atoms with Gasteiger partial charge >= 0.3 is 0 Å². The number of hydrogen-bond acceptors (Lipinski definition) is 3. The maximum Gasteiger partial charge on any atom is 0.219 e. The Hall–Kier alpha value is -1.39. The van der Waals surface area contributed by atoms with Crippen LogP contribution in [0.3, 0.4) is 0 Å². The van der Waals surface area contributed by atoms with Gasteiger partial charge in [0.25, 0.3) is 0 Å². The minimum atomic E-state index is -2.26. The molecule has 1 aliphatic rings. The molecule has 1 aromatic carbocycles. The zero-order valence-corrected chi connectivity index (χ0v) is 9.08. The number of aryl methyl sites for hydroxylation is 1. The van der Waals surface area contributed by atoms with E-state index in [0.29, 0.717) is 5.56 Å². The maximum atomic E-state index is 11.1. The van der Waals surface area contributed by atoms with Crippen LogP contribution in [0.15, 0.2) is 24.3 Å². The molecule has 0 fully saturated rings. The second kappa shape index (κ2) is 3.64. The number of fused-ring (bicyclic) bond motifs is 1. The van der Waals surface area contributed by atoms with Crippen LogP contribution in [-0.2, 0) is 10.3 Å². The molecule has 1 aromatic rings. The minimum absolute atomic E-state index is 0.271. The summed E-state index contributed by atoms with van der Waals surface area (Å²) in [6.07, 6.45) is 3.57. The van der Waals surface area contributed by atoms with E-state index in [9.17, 15) is 8.42 Å².